The van der Waals surface area contributed by atoms with Gasteiger partial charge >= 0.3 is 12.0 Å². The Labute approximate surface area is 123 Å². The second kappa shape index (κ2) is 5.83. The van der Waals surface area contributed by atoms with Crippen LogP contribution in [0.15, 0.2) is 22.7 Å². The molecule has 1 aromatic carbocycles. The van der Waals surface area contributed by atoms with Crippen molar-refractivity contribution in [3.8, 4) is 0 Å². The number of nitrogens with one attached hydrogen (secondary N) is 1. The number of aryl methyl sites for hydroxylation is 1. The topological polar surface area (TPSA) is 69.6 Å². The molecule has 7 heteroatoms. The number of nitrogens with zero attached hydrogens (tertiary/aromatic N) is 1. The normalized spacial score (nSPS) is 18.4. The highest BCUT2D eigenvalue weighted by Gasteiger charge is 2.34. The van der Waals surface area contributed by atoms with Gasteiger partial charge in [0.1, 0.15) is 6.04 Å². The van der Waals surface area contributed by atoms with Crippen molar-refractivity contribution in [2.75, 3.05) is 16.9 Å². The molecule has 1 heterocycles. The van der Waals surface area contributed by atoms with Crippen molar-refractivity contribution >= 4 is 45.4 Å². The molecule has 1 aliphatic rings. The molecular weight excluding hydrogens is 332 g/mol. The van der Waals surface area contributed by atoms with Crippen LogP contribution >= 0.6 is 27.7 Å². The second-order valence-corrected chi connectivity index (χ2v) is 6.19. The van der Waals surface area contributed by atoms with Crippen LogP contribution in [0.5, 0.6) is 0 Å². The molecular formula is C12H13BrN2O3S. The molecule has 0 radical (unpaired) electrons. The van der Waals surface area contributed by atoms with Gasteiger partial charge in [0.15, 0.2) is 0 Å². The van der Waals surface area contributed by atoms with Gasteiger partial charge in [0.2, 0.25) is 0 Å². The summed E-state index contributed by atoms with van der Waals surface area (Å²) in [6.45, 7) is 1.92. The highest BCUT2D eigenvalue weighted by molar-refractivity contribution is 9.10. The second-order valence-electron chi connectivity index (χ2n) is 4.27. The zero-order chi connectivity index (χ0) is 14.0. The van der Waals surface area contributed by atoms with Crippen LogP contribution in [-0.4, -0.2) is 39.7 Å². The maximum absolute atomic E-state index is 12.1. The minimum Gasteiger partial charge on any atom is -0.480 e. The summed E-state index contributed by atoms with van der Waals surface area (Å²) < 4.78 is 0.869. The van der Waals surface area contributed by atoms with E-state index < -0.39 is 12.0 Å². The Morgan fingerprint density at radius 2 is 2.21 bits per heavy atom. The molecule has 0 saturated carbocycles. The number of halogens is 1. The van der Waals surface area contributed by atoms with E-state index in [1.165, 1.54) is 16.7 Å². The van der Waals surface area contributed by atoms with Crippen LogP contribution in [0.4, 0.5) is 10.5 Å². The van der Waals surface area contributed by atoms with E-state index in [0.29, 0.717) is 17.3 Å². The van der Waals surface area contributed by atoms with E-state index in [1.807, 2.05) is 19.1 Å². The molecule has 1 aliphatic heterocycles. The largest absolute Gasteiger partial charge is 0.480 e. The zero-order valence-electron chi connectivity index (χ0n) is 10.2. The van der Waals surface area contributed by atoms with E-state index in [9.17, 15) is 9.59 Å². The summed E-state index contributed by atoms with van der Waals surface area (Å²) in [7, 11) is 0. The van der Waals surface area contributed by atoms with Crippen molar-refractivity contribution in [3.05, 3.63) is 28.2 Å². The van der Waals surface area contributed by atoms with Gasteiger partial charge in [-0.1, -0.05) is 15.9 Å². The molecule has 1 unspecified atom stereocenters. The number of thioether (sulfide) groups is 1. The van der Waals surface area contributed by atoms with Crippen molar-refractivity contribution in [2.45, 2.75) is 13.0 Å². The number of carbonyl (C=O) groups excluding carboxylic acids is 1. The van der Waals surface area contributed by atoms with Crippen molar-refractivity contribution in [1.29, 1.82) is 0 Å². The SMILES string of the molecule is Cc1cc(Br)cc(NC(=O)N2CSCC2C(=O)O)c1. The van der Waals surface area contributed by atoms with Gasteiger partial charge in [0, 0.05) is 15.9 Å². The van der Waals surface area contributed by atoms with E-state index in [0.717, 1.165) is 10.0 Å². The lowest BCUT2D eigenvalue weighted by atomic mass is 10.2. The minimum absolute atomic E-state index is 0.380. The van der Waals surface area contributed by atoms with Gasteiger partial charge in [-0.25, -0.2) is 9.59 Å². The zero-order valence-corrected chi connectivity index (χ0v) is 12.6. The van der Waals surface area contributed by atoms with Crippen LogP contribution in [0.25, 0.3) is 0 Å². The van der Waals surface area contributed by atoms with Crippen LogP contribution in [0.1, 0.15) is 5.56 Å². The Hall–Kier alpha value is -1.21. The predicted molar refractivity (Wildman–Crippen MR) is 78.5 cm³/mol. The lowest BCUT2D eigenvalue weighted by Gasteiger charge is -2.21. The molecule has 0 aromatic heterocycles. The first kappa shape index (κ1) is 14.2. The fourth-order valence-corrected chi connectivity index (χ4v) is 3.60. The smallest absolute Gasteiger partial charge is 0.327 e. The summed E-state index contributed by atoms with van der Waals surface area (Å²) in [4.78, 5) is 24.4. The Morgan fingerprint density at radius 1 is 1.47 bits per heavy atom. The Balaban J connectivity index is 2.10. The number of urea groups is 1. The average molecular weight is 345 g/mol. The number of hydrogen-bond donors (Lipinski definition) is 2. The molecule has 1 fully saturated rings. The van der Waals surface area contributed by atoms with Gasteiger partial charge in [-0.2, -0.15) is 0 Å². The number of benzene rings is 1. The lowest BCUT2D eigenvalue weighted by molar-refractivity contribution is -0.140. The number of amides is 2. The molecule has 0 aliphatic carbocycles. The van der Waals surface area contributed by atoms with E-state index in [1.54, 1.807) is 6.07 Å². The third-order valence-electron chi connectivity index (χ3n) is 2.72. The summed E-state index contributed by atoms with van der Waals surface area (Å²) >= 11 is 4.80. The van der Waals surface area contributed by atoms with Gasteiger partial charge < -0.3 is 15.3 Å². The predicted octanol–water partition coefficient (Wildman–Crippen LogP) is 2.75. The van der Waals surface area contributed by atoms with Crippen LogP contribution in [0, 0.1) is 6.92 Å². The van der Waals surface area contributed by atoms with E-state index >= 15 is 0 Å². The standard InChI is InChI=1S/C12H13BrN2O3S/c1-7-2-8(13)4-9(3-7)14-12(18)15-6-19-5-10(15)11(16)17/h2-4,10H,5-6H2,1H3,(H,14,18)(H,16,17). The average Bonchev–Trinajstić information content (AvgIpc) is 2.75. The molecule has 19 heavy (non-hydrogen) atoms. The maximum atomic E-state index is 12.1. The van der Waals surface area contributed by atoms with Crippen LogP contribution in [0.3, 0.4) is 0 Å². The van der Waals surface area contributed by atoms with Gasteiger partial charge in [-0.15, -0.1) is 11.8 Å². The molecule has 1 saturated heterocycles. The third-order valence-corrected chi connectivity index (χ3v) is 4.19. The molecule has 1 atom stereocenters. The number of hydrogen-bond acceptors (Lipinski definition) is 3. The highest BCUT2D eigenvalue weighted by atomic mass is 79.9. The van der Waals surface area contributed by atoms with Gasteiger partial charge in [-0.3, -0.25) is 0 Å². The molecule has 1 aromatic rings. The first-order valence-corrected chi connectivity index (χ1v) is 7.57. The summed E-state index contributed by atoms with van der Waals surface area (Å²) in [5.41, 5.74) is 1.66. The van der Waals surface area contributed by atoms with Crippen LogP contribution in [0.2, 0.25) is 0 Å². The van der Waals surface area contributed by atoms with Gasteiger partial charge in [-0.05, 0) is 30.7 Å². The fourth-order valence-electron chi connectivity index (χ4n) is 1.85. The highest BCUT2D eigenvalue weighted by Crippen LogP contribution is 2.24. The Bertz CT molecular complexity index is 503. The molecule has 2 amide bonds. The molecule has 2 rings (SSSR count). The van der Waals surface area contributed by atoms with Crippen LogP contribution < -0.4 is 5.32 Å². The fraction of sp³-hybridized carbons (Fsp3) is 0.333. The molecule has 5 nitrogen and oxygen atoms in total. The summed E-state index contributed by atoms with van der Waals surface area (Å²) in [6, 6.07) is 4.42. The van der Waals surface area contributed by atoms with Gasteiger partial charge in [0.25, 0.3) is 0 Å². The number of anilines is 1. The first-order valence-electron chi connectivity index (χ1n) is 5.63. The number of carboxylic acid groups (broad SMARTS) is 1. The summed E-state index contributed by atoms with van der Waals surface area (Å²) in [6.07, 6.45) is 0. The Morgan fingerprint density at radius 3 is 2.84 bits per heavy atom. The number of carboxylic acids is 1. The first-order chi connectivity index (χ1) is 8.97. The van der Waals surface area contributed by atoms with Crippen molar-refractivity contribution in [2.24, 2.45) is 0 Å². The minimum atomic E-state index is -0.967. The molecule has 102 valence electrons. The van der Waals surface area contributed by atoms with Gasteiger partial charge in [0.05, 0.1) is 5.88 Å². The monoisotopic (exact) mass is 344 g/mol. The quantitative estimate of drug-likeness (QED) is 0.865. The van der Waals surface area contributed by atoms with E-state index in [-0.39, 0.29) is 6.03 Å². The lowest BCUT2D eigenvalue weighted by Crippen LogP contribution is -2.43. The summed E-state index contributed by atoms with van der Waals surface area (Å²) in [5, 5.41) is 11.8. The summed E-state index contributed by atoms with van der Waals surface area (Å²) in [5.74, 6) is -0.138. The number of rotatable bonds is 2. The van der Waals surface area contributed by atoms with Crippen molar-refractivity contribution < 1.29 is 14.7 Å². The molecule has 2 N–H and O–H groups in total. The number of aliphatic carboxylic acids is 1. The third kappa shape index (κ3) is 3.42. The molecule has 0 spiro atoms. The molecule has 0 bridgehead atoms. The van der Waals surface area contributed by atoms with Crippen LogP contribution in [-0.2, 0) is 4.79 Å². The van der Waals surface area contributed by atoms with Crippen molar-refractivity contribution in [3.63, 3.8) is 0 Å². The Kier molecular flexibility index (Phi) is 4.36. The van der Waals surface area contributed by atoms with Crippen molar-refractivity contribution in [1.82, 2.24) is 4.90 Å². The van der Waals surface area contributed by atoms with E-state index in [2.05, 4.69) is 21.2 Å². The number of carbonyl (C=O) groups is 2. The van der Waals surface area contributed by atoms with E-state index in [4.69, 9.17) is 5.11 Å². The maximum Gasteiger partial charge on any atom is 0.327 e.